The molecule has 1 heterocycles. The minimum absolute atomic E-state index is 0.0742. The van der Waals surface area contributed by atoms with Gasteiger partial charge in [0, 0.05) is 0 Å². The Kier molecular flexibility index (Phi) is 4.76. The number of rotatable bonds is 6. The number of aromatic nitrogens is 2. The standard InChI is InChI=1S/C14H16N2O5/c1-4-19-11-6-5-10(7-12(11)18-3)14(17)20-8-13-15-9(2)16-21-13/h5-7H,4,8H2,1-3H3. The maximum absolute atomic E-state index is 12.0. The summed E-state index contributed by atoms with van der Waals surface area (Å²) in [6.45, 7) is 3.99. The van der Waals surface area contributed by atoms with Gasteiger partial charge in [0.05, 0.1) is 19.3 Å². The van der Waals surface area contributed by atoms with E-state index in [0.29, 0.717) is 29.5 Å². The zero-order valence-electron chi connectivity index (χ0n) is 12.1. The van der Waals surface area contributed by atoms with E-state index in [4.69, 9.17) is 18.7 Å². The first-order valence-electron chi connectivity index (χ1n) is 6.41. The Hall–Kier alpha value is -2.57. The lowest BCUT2D eigenvalue weighted by Gasteiger charge is -2.10. The smallest absolute Gasteiger partial charge is 0.338 e. The lowest BCUT2D eigenvalue weighted by molar-refractivity contribution is 0.0429. The van der Waals surface area contributed by atoms with Gasteiger partial charge in [-0.2, -0.15) is 4.98 Å². The number of benzene rings is 1. The molecule has 0 spiro atoms. The van der Waals surface area contributed by atoms with Gasteiger partial charge >= 0.3 is 5.97 Å². The SMILES string of the molecule is CCOc1ccc(C(=O)OCc2nc(C)no2)cc1OC. The van der Waals surface area contributed by atoms with E-state index in [9.17, 15) is 4.79 Å². The maximum atomic E-state index is 12.0. The van der Waals surface area contributed by atoms with Crippen LogP contribution in [0.15, 0.2) is 22.7 Å². The highest BCUT2D eigenvalue weighted by Crippen LogP contribution is 2.28. The second kappa shape index (κ2) is 6.74. The number of ether oxygens (including phenoxy) is 3. The number of carbonyl (C=O) groups is 1. The van der Waals surface area contributed by atoms with Crippen molar-refractivity contribution in [1.29, 1.82) is 0 Å². The molecule has 0 aliphatic rings. The highest BCUT2D eigenvalue weighted by Gasteiger charge is 2.13. The van der Waals surface area contributed by atoms with Gasteiger partial charge in [0.15, 0.2) is 23.9 Å². The van der Waals surface area contributed by atoms with Gasteiger partial charge in [-0.05, 0) is 32.0 Å². The maximum Gasteiger partial charge on any atom is 0.338 e. The third-order valence-corrected chi connectivity index (χ3v) is 2.60. The average Bonchev–Trinajstić information content (AvgIpc) is 2.91. The molecule has 0 unspecified atom stereocenters. The normalized spacial score (nSPS) is 10.2. The van der Waals surface area contributed by atoms with E-state index in [2.05, 4.69) is 10.1 Å². The molecule has 0 radical (unpaired) electrons. The predicted octanol–water partition coefficient (Wildman–Crippen LogP) is 2.14. The van der Waals surface area contributed by atoms with Gasteiger partial charge < -0.3 is 18.7 Å². The van der Waals surface area contributed by atoms with Gasteiger partial charge in [-0.1, -0.05) is 5.16 Å². The van der Waals surface area contributed by atoms with Crippen LogP contribution in [0, 0.1) is 6.92 Å². The van der Waals surface area contributed by atoms with Gasteiger partial charge in [0.2, 0.25) is 0 Å². The fourth-order valence-electron chi connectivity index (χ4n) is 1.68. The van der Waals surface area contributed by atoms with Gasteiger partial charge in [-0.3, -0.25) is 0 Å². The van der Waals surface area contributed by atoms with E-state index in [0.717, 1.165) is 0 Å². The Morgan fingerprint density at radius 1 is 1.33 bits per heavy atom. The van der Waals surface area contributed by atoms with E-state index in [1.165, 1.54) is 7.11 Å². The van der Waals surface area contributed by atoms with Crippen LogP contribution in [0.5, 0.6) is 11.5 Å². The molecule has 0 amide bonds. The topological polar surface area (TPSA) is 83.7 Å². The Bertz CT molecular complexity index is 624. The average molecular weight is 292 g/mol. The van der Waals surface area contributed by atoms with Crippen LogP contribution in [0.4, 0.5) is 0 Å². The molecule has 1 aromatic carbocycles. The Morgan fingerprint density at radius 2 is 2.14 bits per heavy atom. The second-order valence-electron chi connectivity index (χ2n) is 4.11. The fraction of sp³-hybridized carbons (Fsp3) is 0.357. The zero-order chi connectivity index (χ0) is 15.2. The van der Waals surface area contributed by atoms with Crippen molar-refractivity contribution in [3.05, 3.63) is 35.5 Å². The predicted molar refractivity (Wildman–Crippen MR) is 72.3 cm³/mol. The quantitative estimate of drug-likeness (QED) is 0.754. The monoisotopic (exact) mass is 292 g/mol. The van der Waals surface area contributed by atoms with Gasteiger partial charge in [-0.25, -0.2) is 4.79 Å². The summed E-state index contributed by atoms with van der Waals surface area (Å²) in [6.07, 6.45) is 0. The van der Waals surface area contributed by atoms with Gasteiger partial charge in [0.25, 0.3) is 5.89 Å². The number of esters is 1. The molecular formula is C14H16N2O5. The number of nitrogens with zero attached hydrogens (tertiary/aromatic N) is 2. The van der Waals surface area contributed by atoms with Crippen molar-refractivity contribution in [3.8, 4) is 11.5 Å². The molecule has 0 saturated heterocycles. The van der Waals surface area contributed by atoms with E-state index in [1.807, 2.05) is 6.92 Å². The largest absolute Gasteiger partial charge is 0.493 e. The van der Waals surface area contributed by atoms with Crippen LogP contribution in [0.25, 0.3) is 0 Å². The second-order valence-corrected chi connectivity index (χ2v) is 4.11. The molecule has 0 bridgehead atoms. The number of aryl methyl sites for hydroxylation is 1. The fourth-order valence-corrected chi connectivity index (χ4v) is 1.68. The summed E-state index contributed by atoms with van der Waals surface area (Å²) in [5, 5.41) is 3.61. The molecule has 7 nitrogen and oxygen atoms in total. The van der Waals surface area contributed by atoms with Crippen molar-refractivity contribution in [3.63, 3.8) is 0 Å². The molecular weight excluding hydrogens is 276 g/mol. The molecule has 21 heavy (non-hydrogen) atoms. The Labute approximate surface area is 121 Å². The van der Waals surface area contributed by atoms with Crippen LogP contribution in [0.1, 0.15) is 29.0 Å². The molecule has 112 valence electrons. The third kappa shape index (κ3) is 3.71. The van der Waals surface area contributed by atoms with Crippen molar-refractivity contribution in [2.24, 2.45) is 0 Å². The van der Waals surface area contributed by atoms with Crippen molar-refractivity contribution in [1.82, 2.24) is 10.1 Å². The molecule has 0 aliphatic heterocycles. The molecule has 7 heteroatoms. The highest BCUT2D eigenvalue weighted by molar-refractivity contribution is 5.90. The minimum Gasteiger partial charge on any atom is -0.493 e. The lowest BCUT2D eigenvalue weighted by atomic mass is 10.2. The highest BCUT2D eigenvalue weighted by atomic mass is 16.6. The molecule has 0 N–H and O–H groups in total. The van der Waals surface area contributed by atoms with Crippen LogP contribution in [0.2, 0.25) is 0 Å². The number of hydrogen-bond donors (Lipinski definition) is 0. The zero-order valence-corrected chi connectivity index (χ0v) is 12.1. The number of methoxy groups -OCH3 is 1. The molecule has 0 fully saturated rings. The molecule has 0 aliphatic carbocycles. The van der Waals surface area contributed by atoms with E-state index in [-0.39, 0.29) is 12.5 Å². The van der Waals surface area contributed by atoms with Crippen LogP contribution >= 0.6 is 0 Å². The summed E-state index contributed by atoms with van der Waals surface area (Å²) >= 11 is 0. The summed E-state index contributed by atoms with van der Waals surface area (Å²) in [7, 11) is 1.51. The summed E-state index contributed by atoms with van der Waals surface area (Å²) in [5.74, 6) is 1.28. The van der Waals surface area contributed by atoms with Gasteiger partial charge in [0.1, 0.15) is 0 Å². The Balaban J connectivity index is 2.04. The van der Waals surface area contributed by atoms with Crippen molar-refractivity contribution >= 4 is 5.97 Å². The first-order valence-corrected chi connectivity index (χ1v) is 6.41. The minimum atomic E-state index is -0.507. The van der Waals surface area contributed by atoms with Crippen molar-refractivity contribution < 1.29 is 23.5 Å². The van der Waals surface area contributed by atoms with Crippen LogP contribution in [-0.2, 0) is 11.3 Å². The lowest BCUT2D eigenvalue weighted by Crippen LogP contribution is -2.06. The van der Waals surface area contributed by atoms with Crippen LogP contribution in [0.3, 0.4) is 0 Å². The third-order valence-electron chi connectivity index (χ3n) is 2.60. The molecule has 1 aromatic heterocycles. The number of carbonyl (C=O) groups excluding carboxylic acids is 1. The molecule has 2 aromatic rings. The summed E-state index contributed by atoms with van der Waals surface area (Å²) in [4.78, 5) is 15.9. The number of hydrogen-bond acceptors (Lipinski definition) is 7. The summed E-state index contributed by atoms with van der Waals surface area (Å²) in [6, 6.07) is 4.83. The first kappa shape index (κ1) is 14.8. The van der Waals surface area contributed by atoms with Crippen LogP contribution < -0.4 is 9.47 Å². The first-order chi connectivity index (χ1) is 10.1. The van der Waals surface area contributed by atoms with Crippen LogP contribution in [-0.4, -0.2) is 29.8 Å². The summed E-state index contributed by atoms with van der Waals surface area (Å²) < 4.78 is 20.5. The summed E-state index contributed by atoms with van der Waals surface area (Å²) in [5.41, 5.74) is 0.353. The van der Waals surface area contributed by atoms with E-state index in [1.54, 1.807) is 25.1 Å². The molecule has 2 rings (SSSR count). The van der Waals surface area contributed by atoms with Gasteiger partial charge in [-0.15, -0.1) is 0 Å². The van der Waals surface area contributed by atoms with E-state index >= 15 is 0 Å². The molecule has 0 saturated carbocycles. The van der Waals surface area contributed by atoms with Crippen molar-refractivity contribution in [2.45, 2.75) is 20.5 Å². The van der Waals surface area contributed by atoms with E-state index < -0.39 is 5.97 Å². The Morgan fingerprint density at radius 3 is 2.76 bits per heavy atom. The van der Waals surface area contributed by atoms with Crippen molar-refractivity contribution in [2.75, 3.05) is 13.7 Å². The molecule has 0 atom stereocenters.